The Bertz CT molecular complexity index is 5700. The van der Waals surface area contributed by atoms with E-state index in [1.54, 1.807) is 0 Å². The average Bonchev–Trinajstić information content (AvgIpc) is 1.54. The fourth-order valence-electron chi connectivity index (χ4n) is 16.3. The van der Waals surface area contributed by atoms with Gasteiger partial charge in [-0.25, -0.2) is 15.0 Å². The highest BCUT2D eigenvalue weighted by Crippen LogP contribution is 2.47. The van der Waals surface area contributed by atoms with Crippen molar-refractivity contribution >= 4 is 87.2 Å². The maximum absolute atomic E-state index is 6.06. The lowest BCUT2D eigenvalue weighted by molar-refractivity contribution is 0.590. The molecule has 0 fully saturated rings. The van der Waals surface area contributed by atoms with Crippen molar-refractivity contribution < 1.29 is 0 Å². The molecular formula is C101H107N7. The first kappa shape index (κ1) is 71.9. The van der Waals surface area contributed by atoms with Crippen LogP contribution in [0.3, 0.4) is 0 Å². The van der Waals surface area contributed by atoms with E-state index in [1.807, 2.05) is 0 Å². The van der Waals surface area contributed by atoms with Crippen molar-refractivity contribution in [3.8, 4) is 56.9 Å². The number of rotatable bonds is 7. The van der Waals surface area contributed by atoms with Crippen LogP contribution in [-0.4, -0.2) is 33.2 Å². The first-order chi connectivity index (χ1) is 50.6. The zero-order valence-corrected chi connectivity index (χ0v) is 68.3. The van der Waals surface area contributed by atoms with Gasteiger partial charge in [0.15, 0.2) is 17.5 Å². The molecule has 16 rings (SSSR count). The second kappa shape index (κ2) is 24.6. The lowest BCUT2D eigenvalue weighted by atomic mass is 9.86. The summed E-state index contributed by atoms with van der Waals surface area (Å²) in [5, 5.41) is 9.62. The average molecular weight is 1420 g/mol. The summed E-state index contributed by atoms with van der Waals surface area (Å²) in [5.74, 6) is 1.71. The van der Waals surface area contributed by atoms with Gasteiger partial charge in [-0.3, -0.25) is 0 Å². The molecular weight excluding hydrogens is 1310 g/mol. The van der Waals surface area contributed by atoms with Gasteiger partial charge in [-0.05, 0) is 173 Å². The van der Waals surface area contributed by atoms with Crippen LogP contribution in [0, 0.1) is 0 Å². The van der Waals surface area contributed by atoms with Crippen molar-refractivity contribution in [3.63, 3.8) is 0 Å². The molecule has 546 valence electrons. The standard InChI is InChI=1S/C101H107N7/c1-94(2,3)61-30-40-71-72-41-31-62(95(4,5)6)51-82(72)105(81(71)50-61)69-38-48-79(89(58-69)107-85-54-65(98(13,14)15)34-44-75(85)76-45-35-66(55-86(76)107)99(16,17)18)92-102-91(60-28-26-25-27-29-60)103-93(104-92)80-49-39-70(106-83-52-63(96(7,8)9)32-42-73(83)74-43-33-64(53-84(74)106)97(10,11)12)59-90(80)108-87-56-67(100(19,20)21)36-46-77(87)78-47-37-68(57-88(78)108)101(22,23)24/h25-59H,1-24H3. The molecule has 7 nitrogen and oxygen atoms in total. The van der Waals surface area contributed by atoms with Crippen molar-refractivity contribution in [2.24, 2.45) is 0 Å². The highest BCUT2D eigenvalue weighted by Gasteiger charge is 2.31. The van der Waals surface area contributed by atoms with Crippen LogP contribution in [0.25, 0.3) is 144 Å². The third kappa shape index (κ3) is 12.3. The smallest absolute Gasteiger partial charge is 0.166 e. The molecule has 0 unspecified atom stereocenters. The van der Waals surface area contributed by atoms with E-state index in [4.69, 9.17) is 15.0 Å². The van der Waals surface area contributed by atoms with Gasteiger partial charge in [0.25, 0.3) is 0 Å². The monoisotopic (exact) mass is 1420 g/mol. The van der Waals surface area contributed by atoms with Crippen LogP contribution in [0.15, 0.2) is 212 Å². The van der Waals surface area contributed by atoms with Crippen LogP contribution >= 0.6 is 0 Å². The summed E-state index contributed by atoms with van der Waals surface area (Å²) in [4.78, 5) is 17.7. The summed E-state index contributed by atoms with van der Waals surface area (Å²) < 4.78 is 10.2. The van der Waals surface area contributed by atoms with Crippen molar-refractivity contribution in [2.75, 3.05) is 0 Å². The third-order valence-electron chi connectivity index (χ3n) is 23.1. The Hall–Kier alpha value is -10.4. The Morgan fingerprint density at radius 2 is 0.398 bits per heavy atom. The van der Waals surface area contributed by atoms with E-state index in [1.165, 1.54) is 110 Å². The van der Waals surface area contributed by atoms with E-state index < -0.39 is 0 Å². The number of hydrogen-bond acceptors (Lipinski definition) is 3. The number of hydrogen-bond donors (Lipinski definition) is 0. The highest BCUT2D eigenvalue weighted by atomic mass is 15.1. The van der Waals surface area contributed by atoms with Crippen molar-refractivity contribution in [2.45, 2.75) is 209 Å². The van der Waals surface area contributed by atoms with Gasteiger partial charge in [0.05, 0.1) is 55.5 Å². The number of nitrogens with zero attached hydrogens (tertiary/aromatic N) is 7. The fourth-order valence-corrected chi connectivity index (χ4v) is 16.3. The Labute approximate surface area is 639 Å². The molecule has 0 saturated carbocycles. The summed E-state index contributed by atoms with van der Waals surface area (Å²) >= 11 is 0. The first-order valence-corrected chi connectivity index (χ1v) is 39.1. The van der Waals surface area contributed by atoms with E-state index in [9.17, 15) is 0 Å². The SMILES string of the molecule is CC(C)(C)c1ccc2c3ccc(C(C)(C)C)cc3n(-c3ccc(-c4nc(-c5ccccc5)nc(-c5ccc(-n6c7cc(C(C)(C)C)ccc7c7ccc(C(C)(C)C)cc76)cc5-n5c6cc(C(C)(C)C)ccc6c6ccc(C(C)(C)C)cc65)n4)c(-n4c5cc(C(C)(C)C)ccc5c5ccc(C(C)(C)C)cc54)c3)c2c1. The Kier molecular flexibility index (Phi) is 16.4. The topological polar surface area (TPSA) is 58.4 Å². The van der Waals surface area contributed by atoms with E-state index in [0.717, 1.165) is 61.5 Å². The largest absolute Gasteiger partial charge is 0.309 e. The summed E-state index contributed by atoms with van der Waals surface area (Å²) in [7, 11) is 0. The van der Waals surface area contributed by atoms with Gasteiger partial charge in [-0.15, -0.1) is 0 Å². The minimum absolute atomic E-state index is 0.101. The van der Waals surface area contributed by atoms with E-state index >= 15 is 0 Å². The lowest BCUT2D eigenvalue weighted by Crippen LogP contribution is -2.12. The number of fused-ring (bicyclic) bond motifs is 12. The Morgan fingerprint density at radius 1 is 0.194 bits per heavy atom. The predicted octanol–water partition coefficient (Wildman–Crippen LogP) is 27.6. The Balaban J connectivity index is 1.07. The molecule has 0 aliphatic rings. The molecule has 0 N–H and O–H groups in total. The van der Waals surface area contributed by atoms with E-state index in [-0.39, 0.29) is 43.3 Å². The van der Waals surface area contributed by atoms with Gasteiger partial charge in [-0.1, -0.05) is 294 Å². The molecule has 0 bridgehead atoms. The van der Waals surface area contributed by atoms with Gasteiger partial charge in [0.1, 0.15) is 0 Å². The van der Waals surface area contributed by atoms with E-state index in [2.05, 4.69) is 397 Å². The molecule has 108 heavy (non-hydrogen) atoms. The fraction of sp³-hybridized carbons (Fsp3) is 0.317. The normalized spacial score (nSPS) is 13.4. The molecule has 11 aromatic carbocycles. The van der Waals surface area contributed by atoms with Gasteiger partial charge in [0, 0.05) is 71.2 Å². The van der Waals surface area contributed by atoms with Crippen LogP contribution in [0.4, 0.5) is 0 Å². The maximum atomic E-state index is 6.06. The summed E-state index contributed by atoms with van der Waals surface area (Å²) in [6, 6.07) is 81.8. The minimum Gasteiger partial charge on any atom is -0.309 e. The molecule has 5 aromatic heterocycles. The highest BCUT2D eigenvalue weighted by molar-refractivity contribution is 6.14. The Morgan fingerprint density at radius 3 is 0.611 bits per heavy atom. The number of benzene rings is 11. The van der Waals surface area contributed by atoms with Crippen LogP contribution in [-0.2, 0) is 43.3 Å². The molecule has 0 atom stereocenters. The molecule has 5 heterocycles. The second-order valence-corrected chi connectivity index (χ2v) is 39.3. The van der Waals surface area contributed by atoms with Gasteiger partial charge >= 0.3 is 0 Å². The molecule has 7 heteroatoms. The molecule has 16 aromatic rings. The van der Waals surface area contributed by atoms with Crippen molar-refractivity contribution in [1.82, 2.24) is 33.2 Å². The first-order valence-electron chi connectivity index (χ1n) is 39.1. The van der Waals surface area contributed by atoms with Gasteiger partial charge in [0.2, 0.25) is 0 Å². The molecule has 0 radical (unpaired) electrons. The minimum atomic E-state index is -0.151. The zero-order valence-electron chi connectivity index (χ0n) is 68.3. The number of aromatic nitrogens is 7. The summed E-state index contributed by atoms with van der Waals surface area (Å²) in [5.41, 5.74) is 24.9. The molecule has 0 spiro atoms. The van der Waals surface area contributed by atoms with Crippen molar-refractivity contribution in [1.29, 1.82) is 0 Å². The van der Waals surface area contributed by atoms with Crippen molar-refractivity contribution in [3.05, 3.63) is 257 Å². The second-order valence-electron chi connectivity index (χ2n) is 39.3. The lowest BCUT2D eigenvalue weighted by Gasteiger charge is -2.23. The van der Waals surface area contributed by atoms with Gasteiger partial charge < -0.3 is 18.3 Å². The molecule has 0 aliphatic heterocycles. The molecule has 0 aliphatic carbocycles. The van der Waals surface area contributed by atoms with Crippen LogP contribution in [0.1, 0.15) is 211 Å². The van der Waals surface area contributed by atoms with E-state index in [0.29, 0.717) is 17.5 Å². The molecule has 0 saturated heterocycles. The zero-order chi connectivity index (χ0) is 76.8. The van der Waals surface area contributed by atoms with Gasteiger partial charge in [-0.2, -0.15) is 0 Å². The maximum Gasteiger partial charge on any atom is 0.166 e. The quantitative estimate of drug-likeness (QED) is 0.160. The summed E-state index contributed by atoms with van der Waals surface area (Å²) in [6.45, 7) is 55.7. The van der Waals surface area contributed by atoms with Crippen LogP contribution in [0.5, 0.6) is 0 Å². The predicted molar refractivity (Wildman–Crippen MR) is 463 cm³/mol. The third-order valence-corrected chi connectivity index (χ3v) is 23.1. The summed E-state index contributed by atoms with van der Waals surface area (Å²) in [6.07, 6.45) is 0. The molecule has 0 amide bonds. The van der Waals surface area contributed by atoms with Crippen LogP contribution < -0.4 is 0 Å². The van der Waals surface area contributed by atoms with Crippen LogP contribution in [0.2, 0.25) is 0 Å².